The van der Waals surface area contributed by atoms with Crippen molar-refractivity contribution >= 4 is 17.2 Å². The van der Waals surface area contributed by atoms with Gasteiger partial charge in [0.25, 0.3) is 0 Å². The van der Waals surface area contributed by atoms with Gasteiger partial charge < -0.3 is 10.5 Å². The molecule has 3 rings (SSSR count). The molecule has 0 saturated carbocycles. The molecule has 2 aromatic heterocycles. The number of rotatable bonds is 5. The van der Waals surface area contributed by atoms with Crippen LogP contribution in [0, 0.1) is 0 Å². The van der Waals surface area contributed by atoms with Crippen LogP contribution in [0.4, 0.5) is 17.2 Å². The van der Waals surface area contributed by atoms with E-state index in [2.05, 4.69) is 15.3 Å². The highest BCUT2D eigenvalue weighted by Crippen LogP contribution is 2.26. The van der Waals surface area contributed by atoms with Crippen molar-refractivity contribution in [1.29, 1.82) is 0 Å². The van der Waals surface area contributed by atoms with Crippen molar-refractivity contribution in [3.05, 3.63) is 60.6 Å². The van der Waals surface area contributed by atoms with Crippen LogP contribution in [0.3, 0.4) is 0 Å². The van der Waals surface area contributed by atoms with Gasteiger partial charge in [0.2, 0.25) is 0 Å². The number of azo groups is 1. The van der Waals surface area contributed by atoms with Crippen molar-refractivity contribution in [1.82, 2.24) is 9.78 Å². The first-order valence-corrected chi connectivity index (χ1v) is 7.47. The van der Waals surface area contributed by atoms with Crippen LogP contribution in [0.5, 0.6) is 5.75 Å². The maximum atomic E-state index is 6.12. The summed E-state index contributed by atoms with van der Waals surface area (Å²) in [6.07, 6.45) is 5.62. The number of pyridine rings is 1. The first-order valence-electron chi connectivity index (χ1n) is 7.47. The highest BCUT2D eigenvalue weighted by molar-refractivity contribution is 5.56. The van der Waals surface area contributed by atoms with E-state index in [-0.39, 0.29) is 0 Å². The van der Waals surface area contributed by atoms with Gasteiger partial charge in [-0.2, -0.15) is 10.2 Å². The molecule has 0 fully saturated rings. The molecular formula is C17H19N6O+. The minimum absolute atomic E-state index is 0.480. The molecule has 0 amide bonds. The number of hydrogen-bond donors (Lipinski definition) is 1. The predicted octanol–water partition coefficient (Wildman–Crippen LogP) is 2.76. The Kier molecular flexibility index (Phi) is 4.51. The van der Waals surface area contributed by atoms with E-state index >= 15 is 0 Å². The molecule has 3 aromatic rings. The van der Waals surface area contributed by atoms with Gasteiger partial charge in [0, 0.05) is 17.7 Å². The van der Waals surface area contributed by atoms with Crippen LogP contribution < -0.4 is 15.0 Å². The Labute approximate surface area is 140 Å². The van der Waals surface area contributed by atoms with E-state index in [0.717, 1.165) is 11.3 Å². The summed E-state index contributed by atoms with van der Waals surface area (Å²) in [5, 5.41) is 12.7. The van der Waals surface area contributed by atoms with Gasteiger partial charge in [0.15, 0.2) is 12.4 Å². The van der Waals surface area contributed by atoms with Gasteiger partial charge >= 0.3 is 0 Å². The number of nitrogens with zero attached hydrogens (tertiary/aromatic N) is 5. The lowest BCUT2D eigenvalue weighted by atomic mass is 10.3. The molecule has 7 heteroatoms. The van der Waals surface area contributed by atoms with Crippen LogP contribution in [0.25, 0.3) is 0 Å². The molecule has 0 aliphatic carbocycles. The normalized spacial score (nSPS) is 11.1. The predicted molar refractivity (Wildman–Crippen MR) is 90.5 cm³/mol. The summed E-state index contributed by atoms with van der Waals surface area (Å²) < 4.78 is 8.85. The van der Waals surface area contributed by atoms with Gasteiger partial charge in [-0.1, -0.05) is 6.07 Å². The third-order valence-electron chi connectivity index (χ3n) is 3.52. The average Bonchev–Trinajstić information content (AvgIpc) is 2.93. The Morgan fingerprint density at radius 3 is 2.92 bits per heavy atom. The van der Waals surface area contributed by atoms with E-state index < -0.39 is 0 Å². The number of benzene rings is 1. The van der Waals surface area contributed by atoms with E-state index in [1.807, 2.05) is 54.3 Å². The summed E-state index contributed by atoms with van der Waals surface area (Å²) in [5.41, 5.74) is 8.46. The fourth-order valence-electron chi connectivity index (χ4n) is 2.29. The largest absolute Gasteiger partial charge is 0.497 e. The number of nitrogens with two attached hydrogens (primary N) is 1. The van der Waals surface area contributed by atoms with Crippen LogP contribution in [0.15, 0.2) is 65.2 Å². The highest BCUT2D eigenvalue weighted by Gasteiger charge is 2.09. The first-order chi connectivity index (χ1) is 11.7. The Morgan fingerprint density at radius 1 is 1.25 bits per heavy atom. The fourth-order valence-corrected chi connectivity index (χ4v) is 2.29. The number of nitrogen functional groups attached to an aromatic ring is 1. The molecule has 122 valence electrons. The maximum absolute atomic E-state index is 6.12. The quantitative estimate of drug-likeness (QED) is 0.579. The summed E-state index contributed by atoms with van der Waals surface area (Å²) in [5.74, 6) is 1.21. The molecule has 0 saturated heterocycles. The SMILES string of the molecule is COc1cccc(N=Nc2cnn(Cc3ccc[n+](C)c3)c2N)c1. The van der Waals surface area contributed by atoms with Crippen molar-refractivity contribution in [2.75, 3.05) is 12.8 Å². The molecule has 1 aromatic carbocycles. The molecular weight excluding hydrogens is 304 g/mol. The van der Waals surface area contributed by atoms with Crippen LogP contribution in [-0.2, 0) is 13.6 Å². The van der Waals surface area contributed by atoms with Gasteiger partial charge in [-0.25, -0.2) is 9.25 Å². The first kappa shape index (κ1) is 15.7. The Morgan fingerprint density at radius 2 is 2.12 bits per heavy atom. The molecule has 0 aliphatic rings. The average molecular weight is 323 g/mol. The second-order valence-corrected chi connectivity index (χ2v) is 5.35. The third-order valence-corrected chi connectivity index (χ3v) is 3.52. The Hall–Kier alpha value is -3.22. The second kappa shape index (κ2) is 6.91. The zero-order valence-corrected chi connectivity index (χ0v) is 13.6. The molecule has 24 heavy (non-hydrogen) atoms. The lowest BCUT2D eigenvalue weighted by Gasteiger charge is -2.03. The fraction of sp³-hybridized carbons (Fsp3) is 0.176. The molecule has 2 heterocycles. The number of anilines is 1. The lowest BCUT2D eigenvalue weighted by Crippen LogP contribution is -2.27. The van der Waals surface area contributed by atoms with Crippen molar-refractivity contribution in [3.8, 4) is 5.75 Å². The number of aromatic nitrogens is 3. The van der Waals surface area contributed by atoms with Gasteiger partial charge in [0.05, 0.1) is 25.5 Å². The third kappa shape index (κ3) is 3.57. The van der Waals surface area contributed by atoms with Gasteiger partial charge in [-0.05, 0) is 18.2 Å². The summed E-state index contributed by atoms with van der Waals surface area (Å²) in [6.45, 7) is 0.579. The monoisotopic (exact) mass is 323 g/mol. The molecule has 0 spiro atoms. The second-order valence-electron chi connectivity index (χ2n) is 5.35. The minimum Gasteiger partial charge on any atom is -0.497 e. The van der Waals surface area contributed by atoms with Gasteiger partial charge in [-0.3, -0.25) is 0 Å². The minimum atomic E-state index is 0.480. The lowest BCUT2D eigenvalue weighted by molar-refractivity contribution is -0.671. The van der Waals surface area contributed by atoms with Crippen molar-refractivity contribution < 1.29 is 9.30 Å². The molecule has 0 bridgehead atoms. The molecule has 0 radical (unpaired) electrons. The van der Waals surface area contributed by atoms with E-state index in [1.165, 1.54) is 0 Å². The number of ether oxygens (including phenoxy) is 1. The molecule has 7 nitrogen and oxygen atoms in total. The summed E-state index contributed by atoms with van der Waals surface area (Å²) in [6, 6.07) is 11.4. The molecule has 0 aliphatic heterocycles. The summed E-state index contributed by atoms with van der Waals surface area (Å²) in [7, 11) is 3.59. The van der Waals surface area contributed by atoms with E-state index in [1.54, 1.807) is 24.1 Å². The zero-order valence-electron chi connectivity index (χ0n) is 13.6. The van der Waals surface area contributed by atoms with E-state index in [9.17, 15) is 0 Å². The van der Waals surface area contributed by atoms with Crippen molar-refractivity contribution in [3.63, 3.8) is 0 Å². The van der Waals surface area contributed by atoms with Crippen LogP contribution in [0.1, 0.15) is 5.56 Å². The Bertz CT molecular complexity index is 871. The molecule has 2 N–H and O–H groups in total. The van der Waals surface area contributed by atoms with Crippen molar-refractivity contribution in [2.24, 2.45) is 17.3 Å². The van der Waals surface area contributed by atoms with Gasteiger partial charge in [0.1, 0.15) is 24.3 Å². The van der Waals surface area contributed by atoms with Crippen LogP contribution in [-0.4, -0.2) is 16.9 Å². The van der Waals surface area contributed by atoms with Crippen LogP contribution >= 0.6 is 0 Å². The van der Waals surface area contributed by atoms with E-state index in [4.69, 9.17) is 10.5 Å². The summed E-state index contributed by atoms with van der Waals surface area (Å²) >= 11 is 0. The van der Waals surface area contributed by atoms with Gasteiger partial charge in [-0.15, -0.1) is 5.11 Å². The van der Waals surface area contributed by atoms with Crippen molar-refractivity contribution in [2.45, 2.75) is 6.54 Å². The maximum Gasteiger partial charge on any atom is 0.173 e. The standard InChI is InChI=1S/C17H19N6O/c1-22-8-4-5-13(11-22)12-23-17(18)16(10-19-23)21-20-14-6-3-7-15(9-14)24-2/h3-11H,12,18H2,1-2H3/q+1. The zero-order chi connectivity index (χ0) is 16.9. The molecule has 0 unspecified atom stereocenters. The molecule has 0 atom stereocenters. The van der Waals surface area contributed by atoms with Crippen LogP contribution in [0.2, 0.25) is 0 Å². The highest BCUT2D eigenvalue weighted by atomic mass is 16.5. The topological polar surface area (TPSA) is 81.7 Å². The Balaban J connectivity index is 1.78. The number of methoxy groups -OCH3 is 1. The van der Waals surface area contributed by atoms with E-state index in [0.29, 0.717) is 23.7 Å². The smallest absolute Gasteiger partial charge is 0.173 e. The summed E-state index contributed by atoms with van der Waals surface area (Å²) in [4.78, 5) is 0. The number of aryl methyl sites for hydroxylation is 1. The number of hydrogen-bond acceptors (Lipinski definition) is 5.